The molecule has 2 atom stereocenters. The number of carbonyl (C=O) groups is 2. The summed E-state index contributed by atoms with van der Waals surface area (Å²) in [5, 5.41) is 20.4. The SMILES string of the molecule is O=C(O)[C@H]1C[C@H]1C(=O)NCc1cccc(CO)c1. The third-order valence-electron chi connectivity index (χ3n) is 3.09. The fraction of sp³-hybridized carbons (Fsp3) is 0.385. The minimum atomic E-state index is -0.905. The molecule has 2 rings (SSSR count). The molecule has 3 N–H and O–H groups in total. The second-order valence-corrected chi connectivity index (χ2v) is 4.48. The number of amides is 1. The highest BCUT2D eigenvalue weighted by molar-refractivity contribution is 5.89. The number of nitrogens with one attached hydrogen (secondary N) is 1. The normalized spacial score (nSPS) is 21.4. The topological polar surface area (TPSA) is 86.6 Å². The number of hydrogen-bond acceptors (Lipinski definition) is 3. The van der Waals surface area contributed by atoms with Crippen molar-refractivity contribution in [1.29, 1.82) is 0 Å². The first kappa shape index (κ1) is 12.6. The average Bonchev–Trinajstić information content (AvgIpc) is 3.16. The number of rotatable bonds is 5. The van der Waals surface area contributed by atoms with Gasteiger partial charge in [0.1, 0.15) is 0 Å². The van der Waals surface area contributed by atoms with Crippen molar-refractivity contribution in [2.75, 3.05) is 0 Å². The second-order valence-electron chi connectivity index (χ2n) is 4.48. The Hall–Kier alpha value is -1.88. The smallest absolute Gasteiger partial charge is 0.307 e. The molecule has 0 spiro atoms. The van der Waals surface area contributed by atoms with E-state index in [1.165, 1.54) is 0 Å². The molecular formula is C13H15NO4. The molecule has 18 heavy (non-hydrogen) atoms. The molecule has 96 valence electrons. The zero-order chi connectivity index (χ0) is 13.1. The summed E-state index contributed by atoms with van der Waals surface area (Å²) in [5.74, 6) is -2.02. The van der Waals surface area contributed by atoms with Gasteiger partial charge in [-0.1, -0.05) is 24.3 Å². The van der Waals surface area contributed by atoms with Crippen LogP contribution in [0, 0.1) is 11.8 Å². The van der Waals surface area contributed by atoms with Gasteiger partial charge in [-0.25, -0.2) is 0 Å². The molecule has 0 aliphatic heterocycles. The van der Waals surface area contributed by atoms with Crippen molar-refractivity contribution in [2.45, 2.75) is 19.6 Å². The molecule has 1 aromatic carbocycles. The number of carboxylic acid groups (broad SMARTS) is 1. The van der Waals surface area contributed by atoms with E-state index in [1.54, 1.807) is 6.07 Å². The molecule has 0 radical (unpaired) electrons. The fourth-order valence-corrected chi connectivity index (χ4v) is 1.92. The number of aliphatic hydroxyl groups is 1. The molecule has 0 aromatic heterocycles. The van der Waals surface area contributed by atoms with Crippen LogP contribution >= 0.6 is 0 Å². The molecule has 1 amide bonds. The van der Waals surface area contributed by atoms with Crippen molar-refractivity contribution >= 4 is 11.9 Å². The molecule has 5 heteroatoms. The van der Waals surface area contributed by atoms with E-state index < -0.39 is 11.9 Å². The quantitative estimate of drug-likeness (QED) is 0.710. The van der Waals surface area contributed by atoms with Gasteiger partial charge in [-0.3, -0.25) is 9.59 Å². The second kappa shape index (κ2) is 5.18. The number of aliphatic hydroxyl groups excluding tert-OH is 1. The highest BCUT2D eigenvalue weighted by Gasteiger charge is 2.48. The molecule has 1 aliphatic carbocycles. The maximum absolute atomic E-state index is 11.6. The molecular weight excluding hydrogens is 234 g/mol. The molecule has 1 fully saturated rings. The number of carboxylic acids is 1. The summed E-state index contributed by atoms with van der Waals surface area (Å²) in [6.07, 6.45) is 0.428. The van der Waals surface area contributed by atoms with Crippen molar-refractivity contribution in [2.24, 2.45) is 11.8 Å². The first-order valence-electron chi connectivity index (χ1n) is 5.81. The summed E-state index contributed by atoms with van der Waals surface area (Å²) in [6.45, 7) is 0.320. The van der Waals surface area contributed by atoms with Crippen LogP contribution in [0.25, 0.3) is 0 Å². The lowest BCUT2D eigenvalue weighted by Crippen LogP contribution is -2.25. The van der Waals surface area contributed by atoms with Crippen LogP contribution in [0.3, 0.4) is 0 Å². The van der Waals surface area contributed by atoms with Crippen molar-refractivity contribution in [3.63, 3.8) is 0 Å². The summed E-state index contributed by atoms with van der Waals surface area (Å²) in [5.41, 5.74) is 1.68. The van der Waals surface area contributed by atoms with Crippen LogP contribution in [0.1, 0.15) is 17.5 Å². The van der Waals surface area contributed by atoms with Crippen LogP contribution in [0.4, 0.5) is 0 Å². The Kier molecular flexibility index (Phi) is 3.62. The molecule has 1 aromatic rings. The van der Waals surface area contributed by atoms with Gasteiger partial charge in [0.2, 0.25) is 5.91 Å². The number of carbonyl (C=O) groups excluding carboxylic acids is 1. The largest absolute Gasteiger partial charge is 0.481 e. The summed E-state index contributed by atoms with van der Waals surface area (Å²) in [7, 11) is 0. The predicted molar refractivity (Wildman–Crippen MR) is 63.4 cm³/mol. The van der Waals surface area contributed by atoms with Crippen LogP contribution in [-0.2, 0) is 22.7 Å². The lowest BCUT2D eigenvalue weighted by molar-refractivity contribution is -0.140. The van der Waals surface area contributed by atoms with Crippen LogP contribution in [0.15, 0.2) is 24.3 Å². The Morgan fingerprint density at radius 1 is 1.28 bits per heavy atom. The Bertz CT molecular complexity index is 472. The Labute approximate surface area is 104 Å². The Morgan fingerprint density at radius 3 is 2.61 bits per heavy atom. The monoisotopic (exact) mass is 249 g/mol. The molecule has 0 heterocycles. The van der Waals surface area contributed by atoms with Gasteiger partial charge in [0, 0.05) is 6.54 Å². The summed E-state index contributed by atoms with van der Waals surface area (Å²) in [4.78, 5) is 22.3. The molecule has 5 nitrogen and oxygen atoms in total. The van der Waals surface area contributed by atoms with Crippen LogP contribution in [0.2, 0.25) is 0 Å². The minimum Gasteiger partial charge on any atom is -0.481 e. The fourth-order valence-electron chi connectivity index (χ4n) is 1.92. The average molecular weight is 249 g/mol. The van der Waals surface area contributed by atoms with Crippen molar-refractivity contribution < 1.29 is 19.8 Å². The van der Waals surface area contributed by atoms with E-state index in [0.29, 0.717) is 13.0 Å². The van der Waals surface area contributed by atoms with Gasteiger partial charge in [-0.15, -0.1) is 0 Å². The van der Waals surface area contributed by atoms with Gasteiger partial charge >= 0.3 is 5.97 Å². The van der Waals surface area contributed by atoms with E-state index in [9.17, 15) is 9.59 Å². The van der Waals surface area contributed by atoms with Gasteiger partial charge in [0.15, 0.2) is 0 Å². The zero-order valence-corrected chi connectivity index (χ0v) is 9.80. The van der Waals surface area contributed by atoms with E-state index >= 15 is 0 Å². The summed E-state index contributed by atoms with van der Waals surface area (Å²) < 4.78 is 0. The van der Waals surface area contributed by atoms with Crippen molar-refractivity contribution in [3.05, 3.63) is 35.4 Å². The summed E-state index contributed by atoms with van der Waals surface area (Å²) >= 11 is 0. The Balaban J connectivity index is 1.84. The van der Waals surface area contributed by atoms with E-state index in [0.717, 1.165) is 11.1 Å². The van der Waals surface area contributed by atoms with Crippen LogP contribution in [0.5, 0.6) is 0 Å². The third kappa shape index (κ3) is 2.87. The highest BCUT2D eigenvalue weighted by atomic mass is 16.4. The van der Waals surface area contributed by atoms with Gasteiger partial charge in [0.05, 0.1) is 18.4 Å². The van der Waals surface area contributed by atoms with Gasteiger partial charge in [0.25, 0.3) is 0 Å². The van der Waals surface area contributed by atoms with Crippen molar-refractivity contribution in [1.82, 2.24) is 5.32 Å². The van der Waals surface area contributed by atoms with Crippen LogP contribution in [-0.4, -0.2) is 22.1 Å². The van der Waals surface area contributed by atoms with E-state index in [2.05, 4.69) is 5.32 Å². The first-order valence-corrected chi connectivity index (χ1v) is 5.81. The molecule has 0 unspecified atom stereocenters. The number of benzene rings is 1. The van der Waals surface area contributed by atoms with Crippen molar-refractivity contribution in [3.8, 4) is 0 Å². The van der Waals surface area contributed by atoms with E-state index in [-0.39, 0.29) is 18.4 Å². The van der Waals surface area contributed by atoms with Gasteiger partial charge in [-0.2, -0.15) is 0 Å². The zero-order valence-electron chi connectivity index (χ0n) is 9.80. The molecule has 1 saturated carbocycles. The van der Waals surface area contributed by atoms with E-state index in [4.69, 9.17) is 10.2 Å². The molecule has 0 saturated heterocycles. The third-order valence-corrected chi connectivity index (χ3v) is 3.09. The standard InChI is InChI=1S/C13H15NO4/c15-7-9-3-1-2-8(4-9)6-14-12(16)10-5-11(10)13(17)18/h1-4,10-11,15H,5-7H2,(H,14,16)(H,17,18)/t10-,11+/m1/s1. The summed E-state index contributed by atoms with van der Waals surface area (Å²) in [6, 6.07) is 7.26. The lowest BCUT2D eigenvalue weighted by atomic mass is 10.1. The molecule has 0 bridgehead atoms. The predicted octanol–water partition coefficient (Wildman–Crippen LogP) is 0.516. The molecule has 1 aliphatic rings. The minimum absolute atomic E-state index is 0.0362. The maximum Gasteiger partial charge on any atom is 0.307 e. The van der Waals surface area contributed by atoms with Gasteiger partial charge in [-0.05, 0) is 17.5 Å². The highest BCUT2D eigenvalue weighted by Crippen LogP contribution is 2.38. The van der Waals surface area contributed by atoms with Crippen LogP contribution < -0.4 is 5.32 Å². The number of aliphatic carboxylic acids is 1. The van der Waals surface area contributed by atoms with E-state index in [1.807, 2.05) is 18.2 Å². The van der Waals surface area contributed by atoms with Gasteiger partial charge < -0.3 is 15.5 Å². The maximum atomic E-state index is 11.6. The lowest BCUT2D eigenvalue weighted by Gasteiger charge is -2.06. The number of hydrogen-bond donors (Lipinski definition) is 3. The Morgan fingerprint density at radius 2 is 2.00 bits per heavy atom. The first-order chi connectivity index (χ1) is 8.61.